The van der Waals surface area contributed by atoms with Gasteiger partial charge in [-0.25, -0.2) is 0 Å². The number of rotatable bonds is 4. The van der Waals surface area contributed by atoms with Gasteiger partial charge in [0.15, 0.2) is 0 Å². The first-order valence-electron chi connectivity index (χ1n) is 7.66. The second-order valence-electron chi connectivity index (χ2n) is 5.80. The summed E-state index contributed by atoms with van der Waals surface area (Å²) in [5.41, 5.74) is 2.38. The molecule has 2 atom stereocenters. The number of aromatic nitrogens is 1. The van der Waals surface area contributed by atoms with Crippen LogP contribution in [-0.2, 0) is 11.2 Å². The number of aliphatic hydroxyl groups excluding tert-OH is 1. The molecule has 1 aliphatic carbocycles. The number of pyridine rings is 1. The molecule has 5 heteroatoms. The number of nitrogens with zero attached hydrogens (tertiary/aromatic N) is 1. The molecule has 1 aromatic carbocycles. The molecule has 3 rings (SSSR count). The number of ketones is 1. The summed E-state index contributed by atoms with van der Waals surface area (Å²) in [6.07, 6.45) is 3.26. The van der Waals surface area contributed by atoms with E-state index in [4.69, 9.17) is 23.2 Å². The maximum atomic E-state index is 12.7. The van der Waals surface area contributed by atoms with Crippen LogP contribution in [0.3, 0.4) is 0 Å². The van der Waals surface area contributed by atoms with Gasteiger partial charge in [0.1, 0.15) is 5.78 Å². The van der Waals surface area contributed by atoms with Gasteiger partial charge in [0.25, 0.3) is 0 Å². The molecule has 3 nitrogen and oxygen atoms in total. The van der Waals surface area contributed by atoms with Crippen LogP contribution in [0.1, 0.15) is 48.1 Å². The fourth-order valence-corrected chi connectivity index (χ4v) is 3.54. The maximum Gasteiger partial charge on any atom is 0.140 e. The molecule has 0 amide bonds. The minimum Gasteiger partial charge on any atom is -0.387 e. The highest BCUT2D eigenvalue weighted by atomic mass is 35.5. The molecule has 2 aromatic rings. The second kappa shape index (κ2) is 7.00. The Morgan fingerprint density at radius 2 is 2.04 bits per heavy atom. The fourth-order valence-electron chi connectivity index (χ4n) is 3.13. The zero-order chi connectivity index (χ0) is 16.4. The number of aliphatic hydroxyl groups is 1. The molecule has 1 aromatic heterocycles. The van der Waals surface area contributed by atoms with E-state index >= 15 is 0 Å². The van der Waals surface area contributed by atoms with Crippen molar-refractivity contribution in [1.29, 1.82) is 0 Å². The van der Waals surface area contributed by atoms with Gasteiger partial charge in [-0.05, 0) is 42.5 Å². The third-order valence-electron chi connectivity index (χ3n) is 4.35. The molecule has 0 saturated heterocycles. The van der Waals surface area contributed by atoms with Crippen molar-refractivity contribution in [1.82, 2.24) is 4.98 Å². The standard InChI is InChI=1S/C18H17Cl2NO2/c19-14-5-1-3-11(17(14)20)6-8-15(22)12-7-9-16(23)18-13(12)4-2-10-21-18/h1-5,10,12,16,23H,6-9H2. The lowest BCUT2D eigenvalue weighted by Crippen LogP contribution is -2.22. The first-order valence-corrected chi connectivity index (χ1v) is 8.42. The van der Waals surface area contributed by atoms with Gasteiger partial charge in [-0.2, -0.15) is 0 Å². The quantitative estimate of drug-likeness (QED) is 0.883. The largest absolute Gasteiger partial charge is 0.387 e. The number of fused-ring (bicyclic) bond motifs is 1. The number of hydrogen-bond donors (Lipinski definition) is 1. The summed E-state index contributed by atoms with van der Waals surface area (Å²) in [6, 6.07) is 9.16. The van der Waals surface area contributed by atoms with Crippen molar-refractivity contribution in [2.75, 3.05) is 0 Å². The van der Waals surface area contributed by atoms with E-state index < -0.39 is 6.10 Å². The summed E-state index contributed by atoms with van der Waals surface area (Å²) in [5.74, 6) is -0.0396. The summed E-state index contributed by atoms with van der Waals surface area (Å²) in [7, 11) is 0. The lowest BCUT2D eigenvalue weighted by molar-refractivity contribution is -0.121. The Morgan fingerprint density at radius 1 is 1.22 bits per heavy atom. The fraction of sp³-hybridized carbons (Fsp3) is 0.333. The van der Waals surface area contributed by atoms with Gasteiger partial charge >= 0.3 is 0 Å². The van der Waals surface area contributed by atoms with Gasteiger partial charge in [-0.3, -0.25) is 9.78 Å². The van der Waals surface area contributed by atoms with Crippen molar-refractivity contribution in [3.8, 4) is 0 Å². The van der Waals surface area contributed by atoms with E-state index in [1.165, 1.54) is 0 Å². The zero-order valence-corrected chi connectivity index (χ0v) is 14.0. The van der Waals surface area contributed by atoms with Crippen LogP contribution in [-0.4, -0.2) is 15.9 Å². The Kier molecular flexibility index (Phi) is 5.00. The third kappa shape index (κ3) is 3.42. The van der Waals surface area contributed by atoms with Crippen molar-refractivity contribution in [2.45, 2.75) is 37.7 Å². The van der Waals surface area contributed by atoms with Crippen molar-refractivity contribution in [3.05, 3.63) is 63.4 Å². The molecule has 1 aliphatic rings. The molecule has 2 unspecified atom stereocenters. The Labute approximate surface area is 145 Å². The van der Waals surface area contributed by atoms with E-state index in [1.54, 1.807) is 12.3 Å². The molecule has 0 bridgehead atoms. The van der Waals surface area contributed by atoms with E-state index in [1.807, 2.05) is 24.3 Å². The normalized spacial score (nSPS) is 20.1. The molecular weight excluding hydrogens is 333 g/mol. The molecule has 0 spiro atoms. The van der Waals surface area contributed by atoms with E-state index in [0.717, 1.165) is 11.1 Å². The number of carbonyl (C=O) groups is 1. The molecule has 23 heavy (non-hydrogen) atoms. The van der Waals surface area contributed by atoms with Crippen LogP contribution in [0.15, 0.2) is 36.5 Å². The highest BCUT2D eigenvalue weighted by Crippen LogP contribution is 2.37. The van der Waals surface area contributed by atoms with Crippen LogP contribution in [0, 0.1) is 0 Å². The summed E-state index contributed by atoms with van der Waals surface area (Å²) in [4.78, 5) is 16.9. The first kappa shape index (κ1) is 16.4. The minimum atomic E-state index is -0.572. The summed E-state index contributed by atoms with van der Waals surface area (Å²) in [6.45, 7) is 0. The Balaban J connectivity index is 1.74. The van der Waals surface area contributed by atoms with Crippen LogP contribution in [0.25, 0.3) is 0 Å². The van der Waals surface area contributed by atoms with Crippen LogP contribution in [0.4, 0.5) is 0 Å². The molecular formula is C18H17Cl2NO2. The van der Waals surface area contributed by atoms with E-state index in [0.29, 0.717) is 41.4 Å². The highest BCUT2D eigenvalue weighted by molar-refractivity contribution is 6.42. The summed E-state index contributed by atoms with van der Waals surface area (Å²) >= 11 is 12.2. The number of aryl methyl sites for hydroxylation is 1. The Hall–Kier alpha value is -1.42. The van der Waals surface area contributed by atoms with Gasteiger partial charge in [-0.1, -0.05) is 41.4 Å². The van der Waals surface area contributed by atoms with Gasteiger partial charge < -0.3 is 5.11 Å². The number of Topliss-reactive ketones (excluding diaryl/α,β-unsaturated/α-hetero) is 1. The molecule has 120 valence electrons. The van der Waals surface area contributed by atoms with E-state index in [-0.39, 0.29) is 11.7 Å². The minimum absolute atomic E-state index is 0.155. The smallest absolute Gasteiger partial charge is 0.140 e. The van der Waals surface area contributed by atoms with Crippen LogP contribution >= 0.6 is 23.2 Å². The molecule has 0 aliphatic heterocycles. The molecule has 1 heterocycles. The van der Waals surface area contributed by atoms with Crippen LogP contribution in [0.5, 0.6) is 0 Å². The lowest BCUT2D eigenvalue weighted by Gasteiger charge is -2.27. The molecule has 0 radical (unpaired) electrons. The van der Waals surface area contributed by atoms with Crippen LogP contribution < -0.4 is 0 Å². The monoisotopic (exact) mass is 349 g/mol. The SMILES string of the molecule is O=C(CCc1cccc(Cl)c1Cl)C1CCC(O)c2ncccc21. The average Bonchev–Trinajstić information content (AvgIpc) is 2.56. The number of carbonyl (C=O) groups excluding carboxylic acids is 1. The van der Waals surface area contributed by atoms with Crippen molar-refractivity contribution in [3.63, 3.8) is 0 Å². The van der Waals surface area contributed by atoms with Crippen molar-refractivity contribution >= 4 is 29.0 Å². The maximum absolute atomic E-state index is 12.7. The molecule has 0 fully saturated rings. The average molecular weight is 350 g/mol. The van der Waals surface area contributed by atoms with Crippen molar-refractivity contribution in [2.24, 2.45) is 0 Å². The predicted octanol–water partition coefficient (Wildman–Crippen LogP) is 4.50. The number of benzene rings is 1. The first-order chi connectivity index (χ1) is 11.1. The second-order valence-corrected chi connectivity index (χ2v) is 6.59. The summed E-state index contributed by atoms with van der Waals surface area (Å²) < 4.78 is 0. The topological polar surface area (TPSA) is 50.2 Å². The van der Waals surface area contributed by atoms with Crippen LogP contribution in [0.2, 0.25) is 10.0 Å². The zero-order valence-electron chi connectivity index (χ0n) is 12.5. The highest BCUT2D eigenvalue weighted by Gasteiger charge is 2.31. The predicted molar refractivity (Wildman–Crippen MR) is 91.0 cm³/mol. The van der Waals surface area contributed by atoms with Gasteiger partial charge in [0, 0.05) is 18.5 Å². The van der Waals surface area contributed by atoms with E-state index in [9.17, 15) is 9.90 Å². The third-order valence-corrected chi connectivity index (χ3v) is 5.21. The summed E-state index contributed by atoms with van der Waals surface area (Å²) in [5, 5.41) is 11.1. The Morgan fingerprint density at radius 3 is 2.87 bits per heavy atom. The van der Waals surface area contributed by atoms with Gasteiger partial charge in [0.05, 0.1) is 21.8 Å². The molecule has 1 N–H and O–H groups in total. The van der Waals surface area contributed by atoms with Gasteiger partial charge in [0.2, 0.25) is 0 Å². The van der Waals surface area contributed by atoms with E-state index in [2.05, 4.69) is 4.98 Å². The molecule has 0 saturated carbocycles. The number of hydrogen-bond acceptors (Lipinski definition) is 3. The Bertz CT molecular complexity index is 733. The van der Waals surface area contributed by atoms with Crippen molar-refractivity contribution < 1.29 is 9.90 Å². The lowest BCUT2D eigenvalue weighted by atomic mass is 9.80. The van der Waals surface area contributed by atoms with Gasteiger partial charge in [-0.15, -0.1) is 0 Å². The number of halogens is 2.